The number of aliphatic hydroxyl groups excluding tert-OH is 4. The van der Waals surface area contributed by atoms with Crippen LogP contribution in [0.4, 0.5) is 0 Å². The van der Waals surface area contributed by atoms with E-state index in [-0.39, 0.29) is 49.8 Å². The number of ether oxygens (including phenoxy) is 8. The topological polar surface area (TPSA) is 192 Å². The summed E-state index contributed by atoms with van der Waals surface area (Å²) in [4.78, 5) is 13.1. The Bertz CT molecular complexity index is 1820. The van der Waals surface area contributed by atoms with Gasteiger partial charge in [0.05, 0.1) is 43.2 Å². The molecule has 378 valence electrons. The van der Waals surface area contributed by atoms with Gasteiger partial charge in [-0.3, -0.25) is 0 Å². The second kappa shape index (κ2) is 22.0. The van der Waals surface area contributed by atoms with Crippen LogP contribution in [0.25, 0.3) is 0 Å². The lowest BCUT2D eigenvalue weighted by Crippen LogP contribution is -2.60. The molecule has 0 bridgehead atoms. The van der Waals surface area contributed by atoms with Crippen molar-refractivity contribution in [1.82, 2.24) is 0 Å². The first-order valence-electron chi connectivity index (χ1n) is 25.4. The fourth-order valence-corrected chi connectivity index (χ4v) is 11.7. The first-order chi connectivity index (χ1) is 31.8. The number of fused-ring (bicyclic) bond motifs is 1. The zero-order valence-electron chi connectivity index (χ0n) is 41.1. The van der Waals surface area contributed by atoms with Crippen LogP contribution in [0, 0.1) is 17.8 Å². The van der Waals surface area contributed by atoms with Crippen LogP contribution in [0.5, 0.6) is 0 Å². The van der Waals surface area contributed by atoms with E-state index in [4.69, 9.17) is 43.0 Å². The van der Waals surface area contributed by atoms with Crippen molar-refractivity contribution in [2.75, 3.05) is 19.8 Å². The molecule has 5 N–H and O–H groups in total. The summed E-state index contributed by atoms with van der Waals surface area (Å²) in [7, 11) is 0. The summed E-state index contributed by atoms with van der Waals surface area (Å²) in [5, 5.41) is 54.9. The summed E-state index contributed by atoms with van der Waals surface area (Å²) in [5.74, 6) is -3.33. The highest BCUT2D eigenvalue weighted by Gasteiger charge is 2.55. The van der Waals surface area contributed by atoms with Gasteiger partial charge in [-0.1, -0.05) is 63.3 Å². The normalized spacial score (nSPS) is 40.6. The van der Waals surface area contributed by atoms with Crippen molar-refractivity contribution in [2.24, 2.45) is 17.8 Å². The van der Waals surface area contributed by atoms with Crippen molar-refractivity contribution < 1.29 is 68.2 Å². The second-order valence-corrected chi connectivity index (χ2v) is 21.6. The third kappa shape index (κ3) is 12.4. The van der Waals surface area contributed by atoms with Gasteiger partial charge in [0.2, 0.25) is 5.79 Å². The van der Waals surface area contributed by atoms with E-state index in [9.17, 15) is 25.2 Å². The molecule has 7 aliphatic rings. The van der Waals surface area contributed by atoms with Gasteiger partial charge in [-0.25, -0.2) is 4.79 Å². The molecule has 0 radical (unpaired) electrons. The standard InChI is InChI=1S/C53H82O14/c1-32(12-11-24-54)26-34(3)31-60-49(58)50(8,59)30-40-15-16-44(56)53(64-40)29-33(2)27-43(65-53)35(4)13-14-39-18-22-52(63-39)23-19-42-48(67-52)45(57)38(7)47(62-42)41(55)28-37(6)46-36(5)17-21-51(66-46)20-9-10-25-61-51/h12-14,29,35-37,39-48,54-57,59H,3,7,9-11,15-28,30-31H2,1-2,4-6,8H3/b14-13+,32-12+/t35-,36-,37+,39+,40+,41+,42-,43+,44-,45-,46+,47+,48-,50-,51+,52-,53-/m1/s1. The van der Waals surface area contributed by atoms with Gasteiger partial charge in [-0.15, -0.1) is 0 Å². The molecule has 17 atom stereocenters. The minimum absolute atomic E-state index is 0.0407. The molecular weight excluding hydrogens is 861 g/mol. The fourth-order valence-electron chi connectivity index (χ4n) is 11.7. The van der Waals surface area contributed by atoms with Gasteiger partial charge in [-0.2, -0.15) is 0 Å². The molecule has 0 saturated carbocycles. The highest BCUT2D eigenvalue weighted by Crippen LogP contribution is 2.47. The van der Waals surface area contributed by atoms with E-state index < -0.39 is 71.7 Å². The Kier molecular flexibility index (Phi) is 17.2. The van der Waals surface area contributed by atoms with Crippen molar-refractivity contribution in [3.8, 4) is 0 Å². The molecule has 0 aromatic rings. The molecule has 0 amide bonds. The highest BCUT2D eigenvalue weighted by atomic mass is 16.7. The third-order valence-electron chi connectivity index (χ3n) is 15.5. The van der Waals surface area contributed by atoms with Crippen LogP contribution in [0.15, 0.2) is 59.8 Å². The number of carbonyl (C=O) groups excluding carboxylic acids is 1. The predicted octanol–water partition coefficient (Wildman–Crippen LogP) is 6.95. The smallest absolute Gasteiger partial charge is 0.338 e. The number of hydrogen-bond donors (Lipinski definition) is 5. The van der Waals surface area contributed by atoms with Crippen LogP contribution >= 0.6 is 0 Å². The molecule has 14 nitrogen and oxygen atoms in total. The minimum Gasteiger partial charge on any atom is -0.459 e. The average molecular weight is 943 g/mol. The molecular formula is C53H82O14. The number of rotatable bonds is 16. The van der Waals surface area contributed by atoms with Gasteiger partial charge < -0.3 is 63.4 Å². The first-order valence-corrected chi connectivity index (χ1v) is 25.4. The van der Waals surface area contributed by atoms with E-state index >= 15 is 0 Å². The molecule has 14 heteroatoms. The number of esters is 1. The lowest BCUT2D eigenvalue weighted by atomic mass is 9.79. The summed E-state index contributed by atoms with van der Waals surface area (Å²) in [6, 6.07) is 0. The predicted molar refractivity (Wildman–Crippen MR) is 250 cm³/mol. The van der Waals surface area contributed by atoms with Crippen molar-refractivity contribution >= 4 is 5.97 Å². The lowest BCUT2D eigenvalue weighted by Gasteiger charge is -2.50. The number of aliphatic hydroxyl groups is 5. The molecule has 0 aromatic heterocycles. The van der Waals surface area contributed by atoms with Crippen molar-refractivity contribution in [3.05, 3.63) is 59.8 Å². The van der Waals surface area contributed by atoms with Gasteiger partial charge in [0.25, 0.3) is 0 Å². The number of carbonyl (C=O) groups is 1. The zero-order valence-corrected chi connectivity index (χ0v) is 41.1. The molecule has 7 heterocycles. The molecule has 67 heavy (non-hydrogen) atoms. The van der Waals surface area contributed by atoms with Crippen LogP contribution in [0.2, 0.25) is 0 Å². The van der Waals surface area contributed by atoms with Gasteiger partial charge in [-0.05, 0) is 120 Å². The van der Waals surface area contributed by atoms with Crippen LogP contribution in [-0.4, -0.2) is 135 Å². The average Bonchev–Trinajstić information content (AvgIpc) is 3.68. The van der Waals surface area contributed by atoms with Crippen LogP contribution in [0.3, 0.4) is 0 Å². The van der Waals surface area contributed by atoms with Gasteiger partial charge in [0.1, 0.15) is 31.0 Å². The zero-order chi connectivity index (χ0) is 48.3. The van der Waals surface area contributed by atoms with E-state index in [0.29, 0.717) is 74.9 Å². The fraction of sp³-hybridized carbons (Fsp3) is 0.792. The van der Waals surface area contributed by atoms with Crippen molar-refractivity contribution in [1.29, 1.82) is 0 Å². The molecule has 7 rings (SSSR count). The number of allylic oxidation sites excluding steroid dienone is 1. The summed E-state index contributed by atoms with van der Waals surface area (Å²) < 4.78 is 51.2. The third-order valence-corrected chi connectivity index (χ3v) is 15.5. The Hall–Kier alpha value is -2.31. The van der Waals surface area contributed by atoms with Crippen molar-refractivity contribution in [3.63, 3.8) is 0 Å². The van der Waals surface area contributed by atoms with Gasteiger partial charge >= 0.3 is 5.97 Å². The van der Waals surface area contributed by atoms with E-state index in [1.165, 1.54) is 6.92 Å². The Morgan fingerprint density at radius 2 is 1.78 bits per heavy atom. The van der Waals surface area contributed by atoms with Crippen molar-refractivity contribution in [2.45, 2.75) is 228 Å². The van der Waals surface area contributed by atoms with E-state index in [0.717, 1.165) is 56.3 Å². The minimum atomic E-state index is -1.85. The Morgan fingerprint density at radius 3 is 2.52 bits per heavy atom. The van der Waals surface area contributed by atoms with Crippen LogP contribution in [-0.2, 0) is 42.7 Å². The lowest BCUT2D eigenvalue weighted by molar-refractivity contribution is -0.321. The SMILES string of the molecule is C=C(COC(=O)[C@](C)(O)C[C@@H]1CC[C@@H](O)[C@]2(C=C(C)C[C@@H]([C@H](C)/C=C/[C@H]3CC[C@@]4(CC[C@H]5O[C@H]([C@@H](O)C[C@H](C)[C@H]6O[C@@]7(CCCCO7)CC[C@H]6C)C(=C)[C@@H](O)[C@@H]5O4)O3)O2)O1)C/C(C)=C/CCO. The maximum absolute atomic E-state index is 13.1. The molecule has 6 fully saturated rings. The molecule has 0 aliphatic carbocycles. The van der Waals surface area contributed by atoms with Crippen LogP contribution in [0.1, 0.15) is 144 Å². The van der Waals surface area contributed by atoms with E-state index in [1.807, 2.05) is 32.1 Å². The molecule has 0 unspecified atom stereocenters. The molecule has 3 spiro atoms. The second-order valence-electron chi connectivity index (χ2n) is 21.6. The van der Waals surface area contributed by atoms with Gasteiger partial charge in [0.15, 0.2) is 17.2 Å². The summed E-state index contributed by atoms with van der Waals surface area (Å²) >= 11 is 0. The highest BCUT2D eigenvalue weighted by molar-refractivity contribution is 5.78. The molecule has 6 saturated heterocycles. The van der Waals surface area contributed by atoms with E-state index in [1.54, 1.807) is 0 Å². The monoisotopic (exact) mass is 943 g/mol. The van der Waals surface area contributed by atoms with E-state index in [2.05, 4.69) is 40.0 Å². The van der Waals surface area contributed by atoms with Gasteiger partial charge in [0, 0.05) is 44.6 Å². The maximum Gasteiger partial charge on any atom is 0.338 e. The Labute approximate surface area is 398 Å². The first kappa shape index (κ1) is 52.5. The Balaban J connectivity index is 0.892. The summed E-state index contributed by atoms with van der Waals surface area (Å²) in [6.45, 7) is 20.7. The maximum atomic E-state index is 13.1. The van der Waals surface area contributed by atoms with Crippen LogP contribution < -0.4 is 0 Å². The summed E-state index contributed by atoms with van der Waals surface area (Å²) in [5.41, 5.74) is 1.25. The number of hydrogen-bond acceptors (Lipinski definition) is 14. The molecule has 7 aliphatic heterocycles. The Morgan fingerprint density at radius 1 is 1.01 bits per heavy atom. The summed E-state index contributed by atoms with van der Waals surface area (Å²) in [6.07, 6.45) is 12.4. The quantitative estimate of drug-likeness (QED) is 0.0789. The largest absolute Gasteiger partial charge is 0.459 e. The molecule has 0 aromatic carbocycles.